The van der Waals surface area contributed by atoms with Crippen molar-refractivity contribution in [2.24, 2.45) is 0 Å². The summed E-state index contributed by atoms with van der Waals surface area (Å²) in [6.45, 7) is 3.86. The molecule has 1 aromatic heterocycles. The van der Waals surface area contributed by atoms with Crippen LogP contribution in [0.2, 0.25) is 0 Å². The van der Waals surface area contributed by atoms with Gasteiger partial charge in [-0.05, 0) is 32.4 Å². The van der Waals surface area contributed by atoms with Crippen LogP contribution in [0.3, 0.4) is 0 Å². The molecule has 0 unspecified atom stereocenters. The second-order valence-corrected chi connectivity index (χ2v) is 7.08. The van der Waals surface area contributed by atoms with Crippen LogP contribution in [0.5, 0.6) is 0 Å². The SMILES string of the molecule is O=S(=O)(NCCN1CCCCC1)c1cnn(CCCO)c1. The number of nitrogens with zero attached hydrogens (tertiary/aromatic N) is 3. The van der Waals surface area contributed by atoms with Crippen LogP contribution in [-0.2, 0) is 16.6 Å². The fraction of sp³-hybridized carbons (Fsp3) is 0.769. The molecule has 0 saturated carbocycles. The Hall–Kier alpha value is -0.960. The first kappa shape index (κ1) is 16.4. The maximum Gasteiger partial charge on any atom is 0.243 e. The number of rotatable bonds is 8. The summed E-state index contributed by atoms with van der Waals surface area (Å²) in [5.41, 5.74) is 0. The van der Waals surface area contributed by atoms with Crippen molar-refractivity contribution < 1.29 is 13.5 Å². The Bertz CT molecular complexity index is 523. The van der Waals surface area contributed by atoms with Gasteiger partial charge in [0.15, 0.2) is 0 Å². The van der Waals surface area contributed by atoms with E-state index in [4.69, 9.17) is 5.11 Å². The third-order valence-corrected chi connectivity index (χ3v) is 5.05. The number of piperidine rings is 1. The maximum atomic E-state index is 12.1. The van der Waals surface area contributed by atoms with Gasteiger partial charge in [-0.3, -0.25) is 4.68 Å². The van der Waals surface area contributed by atoms with Gasteiger partial charge in [0.05, 0.1) is 6.20 Å². The zero-order valence-electron chi connectivity index (χ0n) is 12.2. The minimum absolute atomic E-state index is 0.0655. The minimum atomic E-state index is -3.49. The predicted molar refractivity (Wildman–Crippen MR) is 79.4 cm³/mol. The van der Waals surface area contributed by atoms with Crippen molar-refractivity contribution in [2.75, 3.05) is 32.8 Å². The van der Waals surface area contributed by atoms with Gasteiger partial charge >= 0.3 is 0 Å². The number of aliphatic hydroxyl groups is 1. The summed E-state index contributed by atoms with van der Waals surface area (Å²) in [7, 11) is -3.49. The molecule has 0 radical (unpaired) electrons. The van der Waals surface area contributed by atoms with Crippen molar-refractivity contribution in [3.8, 4) is 0 Å². The number of aryl methyl sites for hydroxylation is 1. The van der Waals surface area contributed by atoms with E-state index in [1.807, 2.05) is 0 Å². The highest BCUT2D eigenvalue weighted by molar-refractivity contribution is 7.89. The molecule has 1 aliphatic heterocycles. The molecule has 1 saturated heterocycles. The Morgan fingerprint density at radius 1 is 1.24 bits per heavy atom. The first-order valence-electron chi connectivity index (χ1n) is 7.47. The summed E-state index contributed by atoms with van der Waals surface area (Å²) in [6, 6.07) is 0. The molecular formula is C13H24N4O3S. The Kier molecular flexibility index (Phi) is 6.16. The van der Waals surface area contributed by atoms with Gasteiger partial charge in [0.25, 0.3) is 0 Å². The molecule has 0 atom stereocenters. The van der Waals surface area contributed by atoms with E-state index in [-0.39, 0.29) is 11.5 Å². The zero-order valence-corrected chi connectivity index (χ0v) is 13.1. The molecular weight excluding hydrogens is 292 g/mol. The molecule has 0 aromatic carbocycles. The lowest BCUT2D eigenvalue weighted by atomic mass is 10.1. The lowest BCUT2D eigenvalue weighted by Crippen LogP contribution is -2.37. The van der Waals surface area contributed by atoms with Crippen LogP contribution in [0.1, 0.15) is 25.7 Å². The van der Waals surface area contributed by atoms with Crippen LogP contribution in [0.25, 0.3) is 0 Å². The Morgan fingerprint density at radius 3 is 2.71 bits per heavy atom. The van der Waals surface area contributed by atoms with Crippen LogP contribution in [0.15, 0.2) is 17.3 Å². The molecule has 120 valence electrons. The third-order valence-electron chi connectivity index (χ3n) is 3.63. The van der Waals surface area contributed by atoms with Crippen LogP contribution >= 0.6 is 0 Å². The molecule has 0 spiro atoms. The summed E-state index contributed by atoms with van der Waals surface area (Å²) in [5, 5.41) is 12.8. The molecule has 21 heavy (non-hydrogen) atoms. The van der Waals surface area contributed by atoms with Crippen molar-refractivity contribution in [1.82, 2.24) is 19.4 Å². The molecule has 1 fully saturated rings. The van der Waals surface area contributed by atoms with E-state index in [1.54, 1.807) is 0 Å². The van der Waals surface area contributed by atoms with Gasteiger partial charge in [-0.2, -0.15) is 5.10 Å². The van der Waals surface area contributed by atoms with E-state index < -0.39 is 10.0 Å². The van der Waals surface area contributed by atoms with Gasteiger partial charge in [-0.1, -0.05) is 6.42 Å². The highest BCUT2D eigenvalue weighted by atomic mass is 32.2. The maximum absolute atomic E-state index is 12.1. The van der Waals surface area contributed by atoms with Crippen LogP contribution in [0, 0.1) is 0 Å². The standard InChI is InChI=1S/C13H24N4O3S/c18-10-4-8-17-12-13(11-14-17)21(19,20)15-5-9-16-6-2-1-3-7-16/h11-12,15,18H,1-10H2. The van der Waals surface area contributed by atoms with Gasteiger partial charge in [0.2, 0.25) is 10.0 Å². The second-order valence-electron chi connectivity index (χ2n) is 5.32. The summed E-state index contributed by atoms with van der Waals surface area (Å²) < 4.78 is 28.4. The van der Waals surface area contributed by atoms with E-state index in [9.17, 15) is 8.42 Å². The molecule has 0 amide bonds. The molecule has 1 aliphatic rings. The number of likely N-dealkylation sites (tertiary alicyclic amines) is 1. The van der Waals surface area contributed by atoms with Gasteiger partial charge in [0.1, 0.15) is 4.90 Å². The fourth-order valence-corrected chi connectivity index (χ4v) is 3.42. The summed E-state index contributed by atoms with van der Waals surface area (Å²) in [4.78, 5) is 2.47. The summed E-state index contributed by atoms with van der Waals surface area (Å²) in [5.74, 6) is 0. The summed E-state index contributed by atoms with van der Waals surface area (Å²) >= 11 is 0. The average molecular weight is 316 g/mol. The van der Waals surface area contributed by atoms with Gasteiger partial charge < -0.3 is 10.0 Å². The molecule has 0 bridgehead atoms. The smallest absolute Gasteiger partial charge is 0.243 e. The van der Waals surface area contributed by atoms with Crippen LogP contribution in [0.4, 0.5) is 0 Å². The fourth-order valence-electron chi connectivity index (χ4n) is 2.44. The first-order valence-corrected chi connectivity index (χ1v) is 8.95. The van der Waals surface area contributed by atoms with Crippen molar-refractivity contribution in [3.63, 3.8) is 0 Å². The zero-order chi connectivity index (χ0) is 15.1. The number of aromatic nitrogens is 2. The Morgan fingerprint density at radius 2 is 2.00 bits per heavy atom. The molecule has 0 aliphatic carbocycles. The van der Waals surface area contributed by atoms with Gasteiger partial charge in [-0.25, -0.2) is 13.1 Å². The molecule has 7 nitrogen and oxygen atoms in total. The second kappa shape index (κ2) is 7.88. The lowest BCUT2D eigenvalue weighted by molar-refractivity contribution is 0.233. The molecule has 2 rings (SSSR count). The Labute approximate surface area is 126 Å². The topological polar surface area (TPSA) is 87.5 Å². The minimum Gasteiger partial charge on any atom is -0.396 e. The number of hydrogen-bond acceptors (Lipinski definition) is 5. The average Bonchev–Trinajstić information content (AvgIpc) is 2.96. The van der Waals surface area contributed by atoms with E-state index in [1.165, 1.54) is 36.3 Å². The highest BCUT2D eigenvalue weighted by Gasteiger charge is 2.17. The number of hydrogen-bond donors (Lipinski definition) is 2. The molecule has 2 N–H and O–H groups in total. The quantitative estimate of drug-likeness (QED) is 0.706. The number of nitrogens with one attached hydrogen (secondary N) is 1. The number of aliphatic hydroxyl groups excluding tert-OH is 1. The van der Waals surface area contributed by atoms with Crippen molar-refractivity contribution in [1.29, 1.82) is 0 Å². The largest absolute Gasteiger partial charge is 0.396 e. The monoisotopic (exact) mass is 316 g/mol. The van der Waals surface area contributed by atoms with Crippen LogP contribution in [-0.4, -0.2) is 61.0 Å². The van der Waals surface area contributed by atoms with Crippen LogP contribution < -0.4 is 4.72 Å². The first-order chi connectivity index (χ1) is 10.1. The van der Waals surface area contributed by atoms with Crippen molar-refractivity contribution in [3.05, 3.63) is 12.4 Å². The number of sulfonamides is 1. The highest BCUT2D eigenvalue weighted by Crippen LogP contribution is 2.09. The van der Waals surface area contributed by atoms with E-state index in [2.05, 4.69) is 14.7 Å². The third kappa shape index (κ3) is 5.06. The normalized spacial score (nSPS) is 17.2. The summed E-state index contributed by atoms with van der Waals surface area (Å²) in [6.07, 6.45) is 7.08. The lowest BCUT2D eigenvalue weighted by Gasteiger charge is -2.26. The van der Waals surface area contributed by atoms with E-state index in [0.717, 1.165) is 19.6 Å². The Balaban J connectivity index is 1.81. The van der Waals surface area contributed by atoms with Crippen molar-refractivity contribution in [2.45, 2.75) is 37.1 Å². The van der Waals surface area contributed by atoms with Gasteiger partial charge in [-0.15, -0.1) is 0 Å². The molecule has 8 heteroatoms. The van der Waals surface area contributed by atoms with E-state index in [0.29, 0.717) is 19.5 Å². The molecule has 2 heterocycles. The van der Waals surface area contributed by atoms with Crippen molar-refractivity contribution >= 4 is 10.0 Å². The predicted octanol–water partition coefficient (Wildman–Crippen LogP) is 0.0297. The molecule has 1 aromatic rings. The van der Waals surface area contributed by atoms with Gasteiger partial charge in [0, 0.05) is 32.4 Å². The van der Waals surface area contributed by atoms with E-state index >= 15 is 0 Å².